The Kier molecular flexibility index (Phi) is 7.15. The smallest absolute Gasteiger partial charge is 0.220 e. The summed E-state index contributed by atoms with van der Waals surface area (Å²) in [6.07, 6.45) is 1.29. The number of hydrogen-bond acceptors (Lipinski definition) is 6. The van der Waals surface area contributed by atoms with Crippen molar-refractivity contribution in [2.45, 2.75) is 32.6 Å². The minimum absolute atomic E-state index is 0.0336. The zero-order chi connectivity index (χ0) is 22.4. The molecule has 2 heterocycles. The van der Waals surface area contributed by atoms with Gasteiger partial charge >= 0.3 is 0 Å². The maximum atomic E-state index is 13.1. The lowest BCUT2D eigenvalue weighted by molar-refractivity contribution is -0.121. The summed E-state index contributed by atoms with van der Waals surface area (Å²) in [5.41, 5.74) is 7.38. The van der Waals surface area contributed by atoms with E-state index in [9.17, 15) is 19.2 Å². The van der Waals surface area contributed by atoms with Gasteiger partial charge in [0.05, 0.1) is 16.3 Å². The predicted octanol–water partition coefficient (Wildman–Crippen LogP) is 3.55. The second-order valence-electron chi connectivity index (χ2n) is 6.99. The molecule has 2 aromatic heterocycles. The quantitative estimate of drug-likeness (QED) is 0.391. The van der Waals surface area contributed by atoms with E-state index in [0.717, 1.165) is 4.88 Å². The fourth-order valence-electron chi connectivity index (χ4n) is 3.06. The number of thiophene rings is 1. The SMILES string of the molecule is Cc1ccc(C(=O)CCC(=O)NCCCc2nn(-c3ccc(F)cc3)c(N)c2C#N)s1. The van der Waals surface area contributed by atoms with E-state index in [2.05, 4.69) is 16.5 Å². The van der Waals surface area contributed by atoms with Crippen molar-refractivity contribution >= 4 is 28.8 Å². The number of carbonyl (C=O) groups excluding carboxylic acids is 2. The molecule has 3 N–H and O–H groups in total. The highest BCUT2D eigenvalue weighted by Gasteiger charge is 2.16. The molecule has 0 saturated carbocycles. The van der Waals surface area contributed by atoms with Crippen LogP contribution in [-0.2, 0) is 11.2 Å². The fourth-order valence-corrected chi connectivity index (χ4v) is 3.90. The molecule has 0 fully saturated rings. The topological polar surface area (TPSA) is 114 Å². The van der Waals surface area contributed by atoms with Crippen LogP contribution < -0.4 is 11.1 Å². The number of carbonyl (C=O) groups is 2. The van der Waals surface area contributed by atoms with Crippen LogP contribution in [0.3, 0.4) is 0 Å². The Labute approximate surface area is 183 Å². The third-order valence-electron chi connectivity index (χ3n) is 4.68. The number of aromatic nitrogens is 2. The van der Waals surface area contributed by atoms with Gasteiger partial charge in [0.25, 0.3) is 0 Å². The van der Waals surface area contributed by atoms with Gasteiger partial charge in [-0.1, -0.05) is 0 Å². The summed E-state index contributed by atoms with van der Waals surface area (Å²) in [5, 5.41) is 16.6. The second-order valence-corrected chi connectivity index (χ2v) is 8.28. The molecule has 160 valence electrons. The molecule has 0 saturated heterocycles. The van der Waals surface area contributed by atoms with E-state index >= 15 is 0 Å². The molecule has 0 bridgehead atoms. The number of nitrogens with one attached hydrogen (secondary N) is 1. The molecule has 0 spiro atoms. The highest BCUT2D eigenvalue weighted by Crippen LogP contribution is 2.22. The Hall–Kier alpha value is -3.51. The molecule has 1 amide bonds. The first kappa shape index (κ1) is 22.2. The Bertz CT molecular complexity index is 1130. The molecule has 31 heavy (non-hydrogen) atoms. The van der Waals surface area contributed by atoms with Crippen molar-refractivity contribution in [3.05, 3.63) is 63.2 Å². The summed E-state index contributed by atoms with van der Waals surface area (Å²) in [4.78, 5) is 25.8. The molecule has 0 aliphatic heterocycles. The van der Waals surface area contributed by atoms with Crippen molar-refractivity contribution < 1.29 is 14.0 Å². The van der Waals surface area contributed by atoms with Crippen molar-refractivity contribution in [2.24, 2.45) is 0 Å². The summed E-state index contributed by atoms with van der Waals surface area (Å²) < 4.78 is 14.6. The summed E-state index contributed by atoms with van der Waals surface area (Å²) in [5.74, 6) is -0.416. The van der Waals surface area contributed by atoms with E-state index in [1.54, 1.807) is 6.07 Å². The minimum atomic E-state index is -0.377. The average Bonchev–Trinajstić information content (AvgIpc) is 3.33. The van der Waals surface area contributed by atoms with Gasteiger partial charge in [0, 0.05) is 24.3 Å². The highest BCUT2D eigenvalue weighted by atomic mass is 32.1. The maximum absolute atomic E-state index is 13.1. The molecule has 0 aliphatic rings. The summed E-state index contributed by atoms with van der Waals surface area (Å²) in [6.45, 7) is 2.32. The normalized spacial score (nSPS) is 10.6. The van der Waals surface area contributed by atoms with Gasteiger partial charge in [-0.3, -0.25) is 9.59 Å². The van der Waals surface area contributed by atoms with E-state index < -0.39 is 0 Å². The van der Waals surface area contributed by atoms with Gasteiger partial charge < -0.3 is 11.1 Å². The van der Waals surface area contributed by atoms with Crippen molar-refractivity contribution in [1.29, 1.82) is 5.26 Å². The number of rotatable bonds is 9. The standard InChI is InChI=1S/C22H22FN5O2S/c1-14-4-10-20(31-14)19(29)9-11-21(30)26-12-2-3-18-17(13-24)22(25)28(27-18)16-7-5-15(23)6-8-16/h4-8,10H,2-3,9,11-12,25H2,1H3,(H,26,30). The number of halogens is 1. The van der Waals surface area contributed by atoms with Crippen molar-refractivity contribution in [2.75, 3.05) is 12.3 Å². The second kappa shape index (κ2) is 10.00. The number of anilines is 1. The minimum Gasteiger partial charge on any atom is -0.382 e. The van der Waals surface area contributed by atoms with Gasteiger partial charge in [0.1, 0.15) is 23.3 Å². The Balaban J connectivity index is 1.49. The first-order chi connectivity index (χ1) is 14.9. The predicted molar refractivity (Wildman–Crippen MR) is 117 cm³/mol. The maximum Gasteiger partial charge on any atom is 0.220 e. The lowest BCUT2D eigenvalue weighted by Gasteiger charge is -2.04. The van der Waals surface area contributed by atoms with Crippen LogP contribution in [0.2, 0.25) is 0 Å². The molecular weight excluding hydrogens is 417 g/mol. The molecule has 1 aromatic carbocycles. The van der Waals surface area contributed by atoms with Gasteiger partial charge in [-0.15, -0.1) is 11.3 Å². The number of ketones is 1. The number of aryl methyl sites for hydroxylation is 2. The molecule has 0 aliphatic carbocycles. The lowest BCUT2D eigenvalue weighted by Crippen LogP contribution is -2.25. The van der Waals surface area contributed by atoms with Gasteiger partial charge in [-0.2, -0.15) is 10.4 Å². The molecule has 3 aromatic rings. The van der Waals surface area contributed by atoms with Gasteiger partial charge in [-0.05, 0) is 56.2 Å². The fraction of sp³-hybridized carbons (Fsp3) is 0.273. The molecular formula is C22H22FN5O2S. The molecule has 3 rings (SSSR count). The van der Waals surface area contributed by atoms with Gasteiger partial charge in [-0.25, -0.2) is 9.07 Å². The zero-order valence-electron chi connectivity index (χ0n) is 17.0. The number of nitriles is 1. The van der Waals surface area contributed by atoms with Gasteiger partial charge in [0.15, 0.2) is 5.78 Å². The van der Waals surface area contributed by atoms with Crippen LogP contribution >= 0.6 is 11.3 Å². The average molecular weight is 440 g/mol. The van der Waals surface area contributed by atoms with E-state index in [1.807, 2.05) is 13.0 Å². The number of nitrogens with zero attached hydrogens (tertiary/aromatic N) is 3. The summed E-state index contributed by atoms with van der Waals surface area (Å²) >= 11 is 1.43. The van der Waals surface area contributed by atoms with E-state index in [0.29, 0.717) is 35.6 Å². The highest BCUT2D eigenvalue weighted by molar-refractivity contribution is 7.14. The first-order valence-corrected chi connectivity index (χ1v) is 10.6. The van der Waals surface area contributed by atoms with E-state index in [-0.39, 0.29) is 41.7 Å². The number of amides is 1. The van der Waals surface area contributed by atoms with Crippen LogP contribution in [0, 0.1) is 24.1 Å². The molecule has 0 unspecified atom stereocenters. The number of hydrogen-bond donors (Lipinski definition) is 2. The monoisotopic (exact) mass is 439 g/mol. The third kappa shape index (κ3) is 5.55. The van der Waals surface area contributed by atoms with Gasteiger partial charge in [0.2, 0.25) is 5.91 Å². The number of benzene rings is 1. The number of nitrogen functional groups attached to an aromatic ring is 1. The van der Waals surface area contributed by atoms with Crippen molar-refractivity contribution in [3.8, 4) is 11.8 Å². The number of Topliss-reactive ketones (excluding diaryl/α,β-unsaturated/α-hetero) is 1. The van der Waals surface area contributed by atoms with Crippen LogP contribution in [-0.4, -0.2) is 28.0 Å². The van der Waals surface area contributed by atoms with Crippen LogP contribution in [0.5, 0.6) is 0 Å². The Morgan fingerprint density at radius 3 is 2.61 bits per heavy atom. The third-order valence-corrected chi connectivity index (χ3v) is 5.73. The lowest BCUT2D eigenvalue weighted by atomic mass is 10.1. The van der Waals surface area contributed by atoms with Crippen LogP contribution in [0.25, 0.3) is 5.69 Å². The molecule has 7 nitrogen and oxygen atoms in total. The van der Waals surface area contributed by atoms with Crippen LogP contribution in [0.1, 0.15) is 45.1 Å². The molecule has 0 radical (unpaired) electrons. The number of nitrogens with two attached hydrogens (primary N) is 1. The van der Waals surface area contributed by atoms with E-state index in [1.165, 1.54) is 40.3 Å². The Morgan fingerprint density at radius 1 is 1.23 bits per heavy atom. The molecule has 9 heteroatoms. The first-order valence-electron chi connectivity index (χ1n) is 9.78. The van der Waals surface area contributed by atoms with Crippen LogP contribution in [0.4, 0.5) is 10.2 Å². The Morgan fingerprint density at radius 2 is 1.97 bits per heavy atom. The van der Waals surface area contributed by atoms with Crippen molar-refractivity contribution in [3.63, 3.8) is 0 Å². The van der Waals surface area contributed by atoms with Crippen molar-refractivity contribution in [1.82, 2.24) is 15.1 Å². The van der Waals surface area contributed by atoms with E-state index in [4.69, 9.17) is 5.73 Å². The largest absolute Gasteiger partial charge is 0.382 e. The van der Waals surface area contributed by atoms with Crippen LogP contribution in [0.15, 0.2) is 36.4 Å². The summed E-state index contributed by atoms with van der Waals surface area (Å²) in [7, 11) is 0. The summed E-state index contributed by atoms with van der Waals surface area (Å²) in [6, 6.07) is 11.4. The zero-order valence-corrected chi connectivity index (χ0v) is 17.8. The molecule has 0 atom stereocenters.